The van der Waals surface area contributed by atoms with Gasteiger partial charge >= 0.3 is 12.0 Å². The molecular weight excluding hydrogens is 234 g/mol. The van der Waals surface area contributed by atoms with Crippen LogP contribution < -0.4 is 5.32 Å². The van der Waals surface area contributed by atoms with Crippen LogP contribution in [0.1, 0.15) is 26.7 Å². The summed E-state index contributed by atoms with van der Waals surface area (Å²) in [6.45, 7) is 5.08. The first-order valence-corrected chi connectivity index (χ1v) is 6.04. The van der Waals surface area contributed by atoms with Crippen molar-refractivity contribution in [3.63, 3.8) is 0 Å². The van der Waals surface area contributed by atoms with Crippen molar-refractivity contribution >= 4 is 12.0 Å². The minimum absolute atomic E-state index is 0.0503. The second-order valence-electron chi connectivity index (χ2n) is 5.43. The lowest BCUT2D eigenvalue weighted by Crippen LogP contribution is -2.50. The SMILES string of the molecule is CN(C)CCN(C)C(=O)NC(C)(C)CCC(=O)O. The number of carbonyl (C=O) groups is 2. The van der Waals surface area contributed by atoms with E-state index in [1.165, 1.54) is 0 Å². The largest absolute Gasteiger partial charge is 0.481 e. The molecule has 0 aromatic heterocycles. The lowest BCUT2D eigenvalue weighted by Gasteiger charge is -2.29. The van der Waals surface area contributed by atoms with E-state index in [4.69, 9.17) is 5.11 Å². The van der Waals surface area contributed by atoms with Crippen LogP contribution >= 0.6 is 0 Å². The highest BCUT2D eigenvalue weighted by molar-refractivity contribution is 5.74. The Bertz CT molecular complexity index is 290. The number of rotatable bonds is 7. The molecule has 0 spiro atoms. The number of carboxylic acid groups (broad SMARTS) is 1. The fourth-order valence-electron chi connectivity index (χ4n) is 1.32. The summed E-state index contributed by atoms with van der Waals surface area (Å²) in [6, 6.07) is -0.174. The van der Waals surface area contributed by atoms with Gasteiger partial charge in [-0.3, -0.25) is 4.79 Å². The topological polar surface area (TPSA) is 72.9 Å². The molecular formula is C12H25N3O3. The van der Waals surface area contributed by atoms with Gasteiger partial charge in [-0.2, -0.15) is 0 Å². The zero-order valence-corrected chi connectivity index (χ0v) is 12.0. The summed E-state index contributed by atoms with van der Waals surface area (Å²) in [5, 5.41) is 11.5. The highest BCUT2D eigenvalue weighted by Crippen LogP contribution is 2.11. The van der Waals surface area contributed by atoms with Crippen molar-refractivity contribution in [2.75, 3.05) is 34.2 Å². The number of urea groups is 1. The maximum atomic E-state index is 11.9. The standard InChI is InChI=1S/C12H25N3O3/c1-12(2,7-6-10(16)17)13-11(18)15(5)9-8-14(3)4/h6-9H2,1-5H3,(H,13,18)(H,16,17). The molecule has 0 unspecified atom stereocenters. The van der Waals surface area contributed by atoms with Crippen molar-refractivity contribution in [3.05, 3.63) is 0 Å². The summed E-state index contributed by atoms with van der Waals surface area (Å²) in [7, 11) is 5.62. The smallest absolute Gasteiger partial charge is 0.317 e. The molecule has 0 bridgehead atoms. The summed E-state index contributed by atoms with van der Waals surface area (Å²) in [5.74, 6) is -0.849. The van der Waals surface area contributed by atoms with Crippen LogP contribution in [0, 0.1) is 0 Å². The van der Waals surface area contributed by atoms with Gasteiger partial charge in [0.25, 0.3) is 0 Å². The minimum Gasteiger partial charge on any atom is -0.481 e. The van der Waals surface area contributed by atoms with Crippen molar-refractivity contribution in [2.45, 2.75) is 32.2 Å². The van der Waals surface area contributed by atoms with Crippen LogP contribution in [0.5, 0.6) is 0 Å². The van der Waals surface area contributed by atoms with E-state index in [0.29, 0.717) is 13.0 Å². The molecule has 0 radical (unpaired) electrons. The first-order valence-electron chi connectivity index (χ1n) is 6.04. The molecule has 0 aliphatic carbocycles. The number of amides is 2. The fraction of sp³-hybridized carbons (Fsp3) is 0.833. The zero-order valence-electron chi connectivity index (χ0n) is 12.0. The monoisotopic (exact) mass is 259 g/mol. The number of nitrogens with one attached hydrogen (secondary N) is 1. The van der Waals surface area contributed by atoms with Crippen LogP contribution in [-0.4, -0.2) is 66.7 Å². The molecule has 0 aromatic carbocycles. The van der Waals surface area contributed by atoms with Crippen molar-refractivity contribution in [1.29, 1.82) is 0 Å². The Balaban J connectivity index is 4.15. The second-order valence-corrected chi connectivity index (χ2v) is 5.43. The maximum absolute atomic E-state index is 11.9. The van der Waals surface area contributed by atoms with Crippen molar-refractivity contribution < 1.29 is 14.7 Å². The van der Waals surface area contributed by atoms with Gasteiger partial charge in [-0.25, -0.2) is 4.79 Å². The molecule has 0 saturated carbocycles. The molecule has 6 heteroatoms. The first-order chi connectivity index (χ1) is 8.14. The second kappa shape index (κ2) is 7.20. The van der Waals surface area contributed by atoms with Gasteiger partial charge in [-0.15, -0.1) is 0 Å². The molecule has 0 aliphatic heterocycles. The quantitative estimate of drug-likeness (QED) is 0.710. The number of carboxylic acids is 1. The minimum atomic E-state index is -0.849. The number of nitrogens with zero attached hydrogens (tertiary/aromatic N) is 2. The Kier molecular flexibility index (Phi) is 6.68. The Morgan fingerprint density at radius 2 is 1.72 bits per heavy atom. The van der Waals surface area contributed by atoms with Gasteiger partial charge in [0, 0.05) is 32.1 Å². The summed E-state index contributed by atoms with van der Waals surface area (Å²) in [4.78, 5) is 26.0. The van der Waals surface area contributed by atoms with E-state index in [9.17, 15) is 9.59 Å². The third kappa shape index (κ3) is 7.89. The van der Waals surface area contributed by atoms with Crippen LogP contribution in [0.25, 0.3) is 0 Å². The van der Waals surface area contributed by atoms with E-state index in [1.807, 2.05) is 32.8 Å². The Hall–Kier alpha value is -1.30. The van der Waals surface area contributed by atoms with Crippen LogP contribution in [0.4, 0.5) is 4.79 Å². The highest BCUT2D eigenvalue weighted by Gasteiger charge is 2.23. The van der Waals surface area contributed by atoms with Crippen LogP contribution in [0.2, 0.25) is 0 Å². The van der Waals surface area contributed by atoms with Gasteiger partial charge in [-0.1, -0.05) is 0 Å². The van der Waals surface area contributed by atoms with Gasteiger partial charge < -0.3 is 20.2 Å². The number of carbonyl (C=O) groups excluding carboxylic acids is 1. The van der Waals surface area contributed by atoms with E-state index in [1.54, 1.807) is 11.9 Å². The number of likely N-dealkylation sites (N-methyl/N-ethyl adjacent to an activating group) is 2. The van der Waals surface area contributed by atoms with Crippen molar-refractivity contribution in [3.8, 4) is 0 Å². The third-order valence-corrected chi connectivity index (χ3v) is 2.64. The Labute approximate surface area is 109 Å². The summed E-state index contributed by atoms with van der Waals surface area (Å²) < 4.78 is 0. The van der Waals surface area contributed by atoms with Gasteiger partial charge in [-0.05, 0) is 34.4 Å². The molecule has 6 nitrogen and oxygen atoms in total. The average Bonchev–Trinajstić information content (AvgIpc) is 2.22. The molecule has 0 rings (SSSR count). The van der Waals surface area contributed by atoms with E-state index in [0.717, 1.165) is 6.54 Å². The molecule has 106 valence electrons. The van der Waals surface area contributed by atoms with Gasteiger partial charge in [0.15, 0.2) is 0 Å². The van der Waals surface area contributed by atoms with E-state index in [2.05, 4.69) is 5.32 Å². The lowest BCUT2D eigenvalue weighted by atomic mass is 9.99. The lowest BCUT2D eigenvalue weighted by molar-refractivity contribution is -0.137. The highest BCUT2D eigenvalue weighted by atomic mass is 16.4. The Morgan fingerprint density at radius 1 is 1.17 bits per heavy atom. The molecule has 0 aromatic rings. The van der Waals surface area contributed by atoms with Crippen LogP contribution in [-0.2, 0) is 4.79 Å². The molecule has 0 aliphatic rings. The maximum Gasteiger partial charge on any atom is 0.317 e. The third-order valence-electron chi connectivity index (χ3n) is 2.64. The number of aliphatic carboxylic acids is 1. The van der Waals surface area contributed by atoms with Crippen LogP contribution in [0.3, 0.4) is 0 Å². The molecule has 0 fully saturated rings. The predicted molar refractivity (Wildman–Crippen MR) is 70.7 cm³/mol. The molecule has 0 saturated heterocycles. The number of hydrogen-bond donors (Lipinski definition) is 2. The van der Waals surface area contributed by atoms with Gasteiger partial charge in [0.2, 0.25) is 0 Å². The van der Waals surface area contributed by atoms with E-state index in [-0.39, 0.29) is 12.5 Å². The summed E-state index contributed by atoms with van der Waals surface area (Å²) in [6.07, 6.45) is 0.463. The molecule has 2 amide bonds. The molecule has 2 N–H and O–H groups in total. The summed E-state index contributed by atoms with van der Waals surface area (Å²) in [5.41, 5.74) is -0.512. The predicted octanol–water partition coefficient (Wildman–Crippen LogP) is 0.833. The van der Waals surface area contributed by atoms with Gasteiger partial charge in [0.1, 0.15) is 0 Å². The normalized spacial score (nSPS) is 11.4. The molecule has 18 heavy (non-hydrogen) atoms. The van der Waals surface area contributed by atoms with Gasteiger partial charge in [0.05, 0.1) is 0 Å². The zero-order chi connectivity index (χ0) is 14.3. The summed E-state index contributed by atoms with van der Waals surface area (Å²) >= 11 is 0. The van der Waals surface area contributed by atoms with E-state index >= 15 is 0 Å². The van der Waals surface area contributed by atoms with Crippen molar-refractivity contribution in [2.24, 2.45) is 0 Å². The van der Waals surface area contributed by atoms with E-state index < -0.39 is 11.5 Å². The molecule has 0 heterocycles. The number of hydrogen-bond acceptors (Lipinski definition) is 3. The first kappa shape index (κ1) is 16.7. The fourth-order valence-corrected chi connectivity index (χ4v) is 1.32. The Morgan fingerprint density at radius 3 is 2.17 bits per heavy atom. The van der Waals surface area contributed by atoms with Crippen molar-refractivity contribution in [1.82, 2.24) is 15.1 Å². The average molecular weight is 259 g/mol. The molecule has 0 atom stereocenters. The van der Waals surface area contributed by atoms with Crippen LogP contribution in [0.15, 0.2) is 0 Å².